The molecule has 8 nitrogen and oxygen atoms in total. The molecule has 3 aromatic rings. The van der Waals surface area contributed by atoms with Gasteiger partial charge in [0.2, 0.25) is 0 Å². The van der Waals surface area contributed by atoms with Gasteiger partial charge in [0, 0.05) is 80.9 Å². The Labute approximate surface area is 233 Å². The highest BCUT2D eigenvalue weighted by atomic mass is 16.5. The molecule has 0 amide bonds. The van der Waals surface area contributed by atoms with Crippen LogP contribution in [0.25, 0.3) is 21.9 Å². The third-order valence-electron chi connectivity index (χ3n) is 7.39. The van der Waals surface area contributed by atoms with Crippen molar-refractivity contribution in [1.29, 1.82) is 0 Å². The fraction of sp³-hybridized carbons (Fsp3) is 0.613. The monoisotopic (exact) mass is 540 g/mol. The second kappa shape index (κ2) is 16.9. The van der Waals surface area contributed by atoms with Crippen molar-refractivity contribution in [3.8, 4) is 0 Å². The van der Waals surface area contributed by atoms with Crippen LogP contribution in [0.5, 0.6) is 0 Å². The maximum absolute atomic E-state index is 6.65. The van der Waals surface area contributed by atoms with Crippen LogP contribution in [-0.4, -0.2) is 88.7 Å². The second-order valence-corrected chi connectivity index (χ2v) is 10.4. The minimum absolute atomic E-state index is 0.602. The minimum Gasteiger partial charge on any atom is -0.455 e. The number of benzene rings is 2. The number of hydrogen-bond donors (Lipinski definition) is 2. The van der Waals surface area contributed by atoms with Gasteiger partial charge in [0.05, 0.1) is 26.4 Å². The van der Waals surface area contributed by atoms with Gasteiger partial charge in [0.15, 0.2) is 0 Å². The van der Waals surface area contributed by atoms with Gasteiger partial charge in [-0.1, -0.05) is 49.2 Å². The number of nitrogens with zero attached hydrogens (tertiary/aromatic N) is 2. The maximum Gasteiger partial charge on any atom is 0.139 e. The summed E-state index contributed by atoms with van der Waals surface area (Å²) in [5.41, 5.74) is 16.4. The summed E-state index contributed by atoms with van der Waals surface area (Å²) in [6, 6.07) is 13.0. The molecule has 0 saturated carbocycles. The third-order valence-corrected chi connectivity index (χ3v) is 7.39. The Kier molecular flexibility index (Phi) is 13.0. The molecule has 2 heterocycles. The van der Waals surface area contributed by atoms with E-state index in [-0.39, 0.29) is 0 Å². The molecule has 4 rings (SSSR count). The molecule has 2 aromatic carbocycles. The van der Waals surface area contributed by atoms with E-state index >= 15 is 0 Å². The van der Waals surface area contributed by atoms with Gasteiger partial charge in [-0.05, 0) is 25.8 Å². The minimum atomic E-state index is 0.602. The summed E-state index contributed by atoms with van der Waals surface area (Å²) < 4.78 is 23.8. The highest BCUT2D eigenvalue weighted by Crippen LogP contribution is 2.34. The molecule has 0 saturated heterocycles. The van der Waals surface area contributed by atoms with Gasteiger partial charge in [0.1, 0.15) is 11.2 Å². The lowest BCUT2D eigenvalue weighted by Gasteiger charge is -2.22. The molecule has 0 spiro atoms. The number of nitrogens with two attached hydrogens (primary N) is 2. The molecule has 1 aromatic heterocycles. The Morgan fingerprint density at radius 3 is 1.62 bits per heavy atom. The Morgan fingerprint density at radius 2 is 1.05 bits per heavy atom. The number of hydrogen-bond acceptors (Lipinski definition) is 8. The van der Waals surface area contributed by atoms with Crippen LogP contribution in [0.4, 0.5) is 0 Å². The molecule has 216 valence electrons. The predicted octanol–water partition coefficient (Wildman–Crippen LogP) is 4.12. The van der Waals surface area contributed by atoms with Crippen molar-refractivity contribution in [2.45, 2.75) is 45.2 Å². The van der Waals surface area contributed by atoms with Crippen LogP contribution >= 0.6 is 0 Å². The van der Waals surface area contributed by atoms with E-state index in [1.54, 1.807) is 0 Å². The standard InChI is InChI=1S/C31H48N4O4/c32-12-16-34-14-3-1-2-4-18-36-20-22-38-23-21-37-19-7-15-35(17-13-33)25-27-9-6-11-29-28-10-5-8-26(24-34)30(28)39-31(27)29/h5-6,8-11H,1-4,7,12-25,32-33H2. The maximum atomic E-state index is 6.65. The Morgan fingerprint density at radius 1 is 0.564 bits per heavy atom. The van der Waals surface area contributed by atoms with Crippen LogP contribution in [0.15, 0.2) is 40.8 Å². The topological polar surface area (TPSA) is 99.4 Å². The Bertz CT molecular complexity index is 1020. The van der Waals surface area contributed by atoms with Crippen molar-refractivity contribution < 1.29 is 18.6 Å². The molecule has 4 N–H and O–H groups in total. The average Bonchev–Trinajstić information content (AvgIpc) is 3.33. The van der Waals surface area contributed by atoms with Crippen LogP contribution in [0.2, 0.25) is 0 Å². The zero-order valence-corrected chi connectivity index (χ0v) is 23.6. The van der Waals surface area contributed by atoms with E-state index in [1.807, 2.05) is 0 Å². The van der Waals surface area contributed by atoms with E-state index in [4.69, 9.17) is 30.1 Å². The normalized spacial score (nSPS) is 19.4. The summed E-state index contributed by atoms with van der Waals surface area (Å²) in [6.45, 7) is 10.5. The Hall–Kier alpha value is -2.04. The Balaban J connectivity index is 1.53. The SMILES string of the molecule is NCCN1CCCCCCOCCOCCOCCCN(CCN)Cc2cccc3c2oc2c(cccc23)C1. The lowest BCUT2D eigenvalue weighted by Crippen LogP contribution is -2.30. The third kappa shape index (κ3) is 9.25. The quantitative estimate of drug-likeness (QED) is 0.510. The fourth-order valence-corrected chi connectivity index (χ4v) is 5.40. The van der Waals surface area contributed by atoms with Crippen LogP contribution in [-0.2, 0) is 27.3 Å². The lowest BCUT2D eigenvalue weighted by atomic mass is 10.1. The zero-order chi connectivity index (χ0) is 27.1. The molecule has 1 aliphatic rings. The van der Waals surface area contributed by atoms with Crippen molar-refractivity contribution in [2.24, 2.45) is 11.5 Å². The first-order valence-electron chi connectivity index (χ1n) is 14.8. The highest BCUT2D eigenvalue weighted by Gasteiger charge is 2.17. The van der Waals surface area contributed by atoms with E-state index in [1.165, 1.54) is 34.7 Å². The van der Waals surface area contributed by atoms with Crippen molar-refractivity contribution in [1.82, 2.24) is 9.80 Å². The summed E-state index contributed by atoms with van der Waals surface area (Å²) in [4.78, 5) is 4.85. The van der Waals surface area contributed by atoms with Gasteiger partial charge in [0.25, 0.3) is 0 Å². The molecular formula is C31H48N4O4. The van der Waals surface area contributed by atoms with Gasteiger partial charge < -0.3 is 30.1 Å². The highest BCUT2D eigenvalue weighted by molar-refractivity contribution is 6.06. The number of para-hydroxylation sites is 2. The number of fused-ring (bicyclic) bond motifs is 1. The van der Waals surface area contributed by atoms with E-state index in [0.29, 0.717) is 46.1 Å². The van der Waals surface area contributed by atoms with Gasteiger partial charge >= 0.3 is 0 Å². The van der Waals surface area contributed by atoms with Crippen molar-refractivity contribution in [2.75, 3.05) is 78.9 Å². The zero-order valence-electron chi connectivity index (χ0n) is 23.6. The molecular weight excluding hydrogens is 492 g/mol. The summed E-state index contributed by atoms with van der Waals surface area (Å²) in [5, 5.41) is 2.36. The molecule has 0 aliphatic carbocycles. The average molecular weight is 541 g/mol. The summed E-state index contributed by atoms with van der Waals surface area (Å²) >= 11 is 0. The number of ether oxygens (including phenoxy) is 3. The van der Waals surface area contributed by atoms with E-state index < -0.39 is 0 Å². The first-order chi connectivity index (χ1) is 19.3. The summed E-state index contributed by atoms with van der Waals surface area (Å²) in [5.74, 6) is 0. The first kappa shape index (κ1) is 29.9. The van der Waals surface area contributed by atoms with Crippen LogP contribution in [0.1, 0.15) is 43.2 Å². The largest absolute Gasteiger partial charge is 0.455 e. The summed E-state index contributed by atoms with van der Waals surface area (Å²) in [7, 11) is 0. The van der Waals surface area contributed by atoms with Gasteiger partial charge in [-0.3, -0.25) is 9.80 Å². The molecule has 2 bridgehead atoms. The van der Waals surface area contributed by atoms with Gasteiger partial charge in [-0.2, -0.15) is 0 Å². The molecule has 0 atom stereocenters. The number of rotatable bonds is 4. The molecule has 0 radical (unpaired) electrons. The molecule has 0 fully saturated rings. The van der Waals surface area contributed by atoms with Crippen LogP contribution in [0.3, 0.4) is 0 Å². The second-order valence-electron chi connectivity index (χ2n) is 10.4. The first-order valence-corrected chi connectivity index (χ1v) is 14.8. The molecule has 0 unspecified atom stereocenters. The predicted molar refractivity (Wildman–Crippen MR) is 158 cm³/mol. The van der Waals surface area contributed by atoms with Crippen LogP contribution in [0, 0.1) is 0 Å². The molecule has 8 heteroatoms. The van der Waals surface area contributed by atoms with E-state index in [9.17, 15) is 0 Å². The lowest BCUT2D eigenvalue weighted by molar-refractivity contribution is 0.0123. The van der Waals surface area contributed by atoms with Gasteiger partial charge in [-0.25, -0.2) is 0 Å². The van der Waals surface area contributed by atoms with E-state index in [0.717, 1.165) is 76.3 Å². The molecule has 1 aliphatic heterocycles. The molecule has 39 heavy (non-hydrogen) atoms. The smallest absolute Gasteiger partial charge is 0.139 e. The fourth-order valence-electron chi connectivity index (χ4n) is 5.40. The van der Waals surface area contributed by atoms with Crippen LogP contribution < -0.4 is 11.5 Å². The summed E-state index contributed by atoms with van der Waals surface area (Å²) in [6.07, 6.45) is 5.55. The van der Waals surface area contributed by atoms with Crippen molar-refractivity contribution >= 4 is 21.9 Å². The van der Waals surface area contributed by atoms with Gasteiger partial charge in [-0.15, -0.1) is 0 Å². The van der Waals surface area contributed by atoms with E-state index in [2.05, 4.69) is 46.2 Å². The van der Waals surface area contributed by atoms with Crippen molar-refractivity contribution in [3.05, 3.63) is 47.5 Å². The number of furan rings is 1. The van der Waals surface area contributed by atoms with Crippen molar-refractivity contribution in [3.63, 3.8) is 0 Å².